The van der Waals surface area contributed by atoms with Gasteiger partial charge in [-0.25, -0.2) is 0 Å². The highest BCUT2D eigenvalue weighted by molar-refractivity contribution is 5.30. The summed E-state index contributed by atoms with van der Waals surface area (Å²) in [5.74, 6) is 0.837. The molecule has 0 saturated carbocycles. The first kappa shape index (κ1) is 15.2. The van der Waals surface area contributed by atoms with Crippen LogP contribution in [0.5, 0.6) is 5.75 Å². The molecule has 5 heteroatoms. The molecule has 0 radical (unpaired) electrons. The number of halogens is 2. The third-order valence-corrected chi connectivity index (χ3v) is 3.64. The van der Waals surface area contributed by atoms with E-state index in [2.05, 4.69) is 10.1 Å². The SMILES string of the molecule is CC(NCC1CCOCC1)c1cccc(OC(F)F)c1. The Balaban J connectivity index is 1.86. The Morgan fingerprint density at radius 1 is 1.35 bits per heavy atom. The van der Waals surface area contributed by atoms with Crippen molar-refractivity contribution in [2.45, 2.75) is 32.4 Å². The van der Waals surface area contributed by atoms with Crippen LogP contribution in [0, 0.1) is 5.92 Å². The maximum absolute atomic E-state index is 12.2. The average molecular weight is 285 g/mol. The molecule has 0 bridgehead atoms. The van der Waals surface area contributed by atoms with E-state index in [4.69, 9.17) is 4.74 Å². The fraction of sp³-hybridized carbons (Fsp3) is 0.600. The molecule has 1 aromatic rings. The topological polar surface area (TPSA) is 30.5 Å². The van der Waals surface area contributed by atoms with Crippen molar-refractivity contribution in [1.82, 2.24) is 5.32 Å². The maximum atomic E-state index is 12.2. The Hall–Kier alpha value is -1.20. The van der Waals surface area contributed by atoms with Gasteiger partial charge in [0.15, 0.2) is 0 Å². The van der Waals surface area contributed by atoms with Gasteiger partial charge in [-0.2, -0.15) is 8.78 Å². The predicted molar refractivity (Wildman–Crippen MR) is 73.0 cm³/mol. The zero-order valence-electron chi connectivity index (χ0n) is 11.6. The lowest BCUT2D eigenvalue weighted by Gasteiger charge is -2.24. The molecule has 1 heterocycles. The van der Waals surface area contributed by atoms with Crippen LogP contribution < -0.4 is 10.1 Å². The molecular weight excluding hydrogens is 264 g/mol. The summed E-state index contributed by atoms with van der Waals surface area (Å²) in [4.78, 5) is 0. The maximum Gasteiger partial charge on any atom is 0.387 e. The van der Waals surface area contributed by atoms with Crippen LogP contribution in [0.25, 0.3) is 0 Å². The van der Waals surface area contributed by atoms with E-state index in [9.17, 15) is 8.78 Å². The lowest BCUT2D eigenvalue weighted by Crippen LogP contribution is -2.29. The highest BCUT2D eigenvalue weighted by Gasteiger charge is 2.15. The minimum Gasteiger partial charge on any atom is -0.435 e. The van der Waals surface area contributed by atoms with Gasteiger partial charge in [0, 0.05) is 19.3 Å². The quantitative estimate of drug-likeness (QED) is 0.869. The van der Waals surface area contributed by atoms with Crippen molar-refractivity contribution in [3.05, 3.63) is 29.8 Å². The number of hydrogen-bond donors (Lipinski definition) is 1. The molecule has 0 aliphatic carbocycles. The van der Waals surface area contributed by atoms with Crippen LogP contribution in [0.2, 0.25) is 0 Å². The first-order valence-electron chi connectivity index (χ1n) is 7.01. The smallest absolute Gasteiger partial charge is 0.387 e. The molecule has 1 N–H and O–H groups in total. The second-order valence-corrected chi connectivity index (χ2v) is 5.14. The van der Waals surface area contributed by atoms with Crippen LogP contribution in [-0.4, -0.2) is 26.4 Å². The third-order valence-electron chi connectivity index (χ3n) is 3.64. The van der Waals surface area contributed by atoms with E-state index in [1.54, 1.807) is 18.2 Å². The van der Waals surface area contributed by atoms with Gasteiger partial charge in [0.25, 0.3) is 0 Å². The molecule has 1 fully saturated rings. The van der Waals surface area contributed by atoms with E-state index in [-0.39, 0.29) is 11.8 Å². The molecular formula is C15H21F2NO2. The second-order valence-electron chi connectivity index (χ2n) is 5.14. The number of benzene rings is 1. The van der Waals surface area contributed by atoms with Crippen LogP contribution in [0.4, 0.5) is 8.78 Å². The van der Waals surface area contributed by atoms with E-state index in [1.807, 2.05) is 13.0 Å². The van der Waals surface area contributed by atoms with Crippen LogP contribution >= 0.6 is 0 Å². The molecule has 1 aliphatic heterocycles. The zero-order valence-corrected chi connectivity index (χ0v) is 11.6. The molecule has 1 saturated heterocycles. The van der Waals surface area contributed by atoms with Crippen molar-refractivity contribution in [1.29, 1.82) is 0 Å². The summed E-state index contributed by atoms with van der Waals surface area (Å²) in [6.07, 6.45) is 2.16. The summed E-state index contributed by atoms with van der Waals surface area (Å²) in [6.45, 7) is 1.83. The molecule has 0 aromatic heterocycles. The van der Waals surface area contributed by atoms with Gasteiger partial charge >= 0.3 is 6.61 Å². The molecule has 3 nitrogen and oxygen atoms in total. The van der Waals surface area contributed by atoms with Gasteiger partial charge in [-0.1, -0.05) is 12.1 Å². The van der Waals surface area contributed by atoms with Gasteiger partial charge in [-0.15, -0.1) is 0 Å². The highest BCUT2D eigenvalue weighted by atomic mass is 19.3. The molecule has 1 atom stereocenters. The van der Waals surface area contributed by atoms with Crippen LogP contribution in [-0.2, 0) is 4.74 Å². The summed E-state index contributed by atoms with van der Waals surface area (Å²) in [7, 11) is 0. The molecule has 2 rings (SSSR count). The first-order chi connectivity index (χ1) is 9.65. The fourth-order valence-electron chi connectivity index (χ4n) is 2.37. The number of nitrogens with one attached hydrogen (secondary N) is 1. The number of alkyl halides is 2. The normalized spacial score (nSPS) is 18.2. The lowest BCUT2D eigenvalue weighted by atomic mass is 9.99. The molecule has 112 valence electrons. The van der Waals surface area contributed by atoms with Gasteiger partial charge in [0.05, 0.1) is 0 Å². The van der Waals surface area contributed by atoms with Gasteiger partial charge in [0.1, 0.15) is 5.75 Å². The monoisotopic (exact) mass is 285 g/mol. The van der Waals surface area contributed by atoms with E-state index >= 15 is 0 Å². The van der Waals surface area contributed by atoms with Gasteiger partial charge in [-0.3, -0.25) is 0 Å². The molecule has 1 unspecified atom stereocenters. The summed E-state index contributed by atoms with van der Waals surface area (Å²) in [5.41, 5.74) is 0.954. The molecule has 0 amide bonds. The van der Waals surface area contributed by atoms with E-state index in [0.717, 1.165) is 38.2 Å². The minimum atomic E-state index is -2.78. The molecule has 20 heavy (non-hydrogen) atoms. The minimum absolute atomic E-state index is 0.110. The molecule has 1 aromatic carbocycles. The molecule has 1 aliphatic rings. The Labute approximate surface area is 118 Å². The second kappa shape index (κ2) is 7.55. The van der Waals surface area contributed by atoms with Crippen molar-refractivity contribution >= 4 is 0 Å². The standard InChI is InChI=1S/C15H21F2NO2/c1-11(18-10-12-5-7-19-8-6-12)13-3-2-4-14(9-13)20-15(16)17/h2-4,9,11-12,15,18H,5-8,10H2,1H3. The van der Waals surface area contributed by atoms with Crippen LogP contribution in [0.1, 0.15) is 31.4 Å². The van der Waals surface area contributed by atoms with Crippen molar-refractivity contribution < 1.29 is 18.3 Å². The largest absolute Gasteiger partial charge is 0.435 e. The third kappa shape index (κ3) is 4.72. The molecule has 0 spiro atoms. The van der Waals surface area contributed by atoms with Crippen LogP contribution in [0.3, 0.4) is 0 Å². The van der Waals surface area contributed by atoms with Crippen LogP contribution in [0.15, 0.2) is 24.3 Å². The van der Waals surface area contributed by atoms with Crippen molar-refractivity contribution in [2.24, 2.45) is 5.92 Å². The predicted octanol–water partition coefficient (Wildman–Crippen LogP) is 3.37. The first-order valence-corrected chi connectivity index (χ1v) is 7.01. The van der Waals surface area contributed by atoms with E-state index < -0.39 is 6.61 Å². The van der Waals surface area contributed by atoms with Crippen molar-refractivity contribution in [3.8, 4) is 5.75 Å². The number of rotatable bonds is 6. The Bertz CT molecular complexity index is 409. The summed E-state index contributed by atoms with van der Waals surface area (Å²) < 4.78 is 34.1. The summed E-state index contributed by atoms with van der Waals surface area (Å²) >= 11 is 0. The summed E-state index contributed by atoms with van der Waals surface area (Å²) in [5, 5.41) is 3.45. The van der Waals surface area contributed by atoms with Crippen molar-refractivity contribution in [2.75, 3.05) is 19.8 Å². The lowest BCUT2D eigenvalue weighted by molar-refractivity contribution is -0.0499. The Morgan fingerprint density at radius 2 is 2.10 bits per heavy atom. The average Bonchev–Trinajstić information content (AvgIpc) is 2.45. The summed E-state index contributed by atoms with van der Waals surface area (Å²) in [6, 6.07) is 6.97. The van der Waals surface area contributed by atoms with Gasteiger partial charge in [0.2, 0.25) is 0 Å². The number of hydrogen-bond acceptors (Lipinski definition) is 3. The Kier molecular flexibility index (Phi) is 5.73. The number of ether oxygens (including phenoxy) is 2. The fourth-order valence-corrected chi connectivity index (χ4v) is 2.37. The van der Waals surface area contributed by atoms with E-state index in [0.29, 0.717) is 5.92 Å². The van der Waals surface area contributed by atoms with Gasteiger partial charge < -0.3 is 14.8 Å². The van der Waals surface area contributed by atoms with Gasteiger partial charge in [-0.05, 0) is 49.9 Å². The zero-order chi connectivity index (χ0) is 14.4. The van der Waals surface area contributed by atoms with Crippen molar-refractivity contribution in [3.63, 3.8) is 0 Å². The van der Waals surface area contributed by atoms with E-state index in [1.165, 1.54) is 0 Å². The highest BCUT2D eigenvalue weighted by Crippen LogP contribution is 2.21. The Morgan fingerprint density at radius 3 is 2.80 bits per heavy atom.